The molecule has 1 aliphatic heterocycles. The Morgan fingerprint density at radius 3 is 2.64 bits per heavy atom. The third-order valence-electron chi connectivity index (χ3n) is 3.27. The van der Waals surface area contributed by atoms with E-state index in [1.807, 2.05) is 36.4 Å². The lowest BCUT2D eigenvalue weighted by Crippen LogP contribution is -2.32. The van der Waals surface area contributed by atoms with E-state index in [1.165, 1.54) is 0 Å². The van der Waals surface area contributed by atoms with Crippen LogP contribution in [0.1, 0.15) is 12.8 Å². The largest absolute Gasteiger partial charge is 0.319 e. The molecule has 0 saturated carbocycles. The van der Waals surface area contributed by atoms with Gasteiger partial charge >= 0.3 is 0 Å². The van der Waals surface area contributed by atoms with Gasteiger partial charge in [-0.05, 0) is 11.6 Å². The number of aromatic nitrogens is 1. The molecule has 2 amide bonds. The molecule has 1 aromatic heterocycles. The lowest BCUT2D eigenvalue weighted by Gasteiger charge is -2.12. The molecule has 2 N–H and O–H groups in total. The highest BCUT2D eigenvalue weighted by atomic mass is 16.2. The second kappa shape index (κ2) is 6.17. The SMILES string of the molecule is O=C1CCC(C(=O)Nc2cncc(-c3ccccc3)c2)=NN1. The van der Waals surface area contributed by atoms with Crippen molar-refractivity contribution in [2.24, 2.45) is 5.10 Å². The molecule has 2 aromatic rings. The lowest BCUT2D eigenvalue weighted by molar-refractivity contribution is -0.121. The van der Waals surface area contributed by atoms with Crippen LogP contribution in [0.4, 0.5) is 5.69 Å². The first-order valence-corrected chi connectivity index (χ1v) is 6.89. The van der Waals surface area contributed by atoms with Crippen molar-refractivity contribution in [2.45, 2.75) is 12.8 Å². The van der Waals surface area contributed by atoms with E-state index in [9.17, 15) is 9.59 Å². The molecule has 3 rings (SSSR count). The van der Waals surface area contributed by atoms with Gasteiger partial charge in [-0.2, -0.15) is 5.10 Å². The Labute approximate surface area is 127 Å². The van der Waals surface area contributed by atoms with Crippen LogP contribution < -0.4 is 10.7 Å². The van der Waals surface area contributed by atoms with E-state index >= 15 is 0 Å². The third kappa shape index (κ3) is 3.17. The standard InChI is InChI=1S/C16H14N4O2/c21-15-7-6-14(19-20-15)16(22)18-13-8-12(9-17-10-13)11-4-2-1-3-5-11/h1-5,8-10H,6-7H2,(H,18,22)(H,20,21). The van der Waals surface area contributed by atoms with Crippen LogP contribution in [0.2, 0.25) is 0 Å². The number of hydrogen-bond acceptors (Lipinski definition) is 4. The van der Waals surface area contributed by atoms with Crippen LogP contribution >= 0.6 is 0 Å². The maximum Gasteiger partial charge on any atom is 0.271 e. The summed E-state index contributed by atoms with van der Waals surface area (Å²) in [4.78, 5) is 27.3. The van der Waals surface area contributed by atoms with Crippen molar-refractivity contribution in [3.63, 3.8) is 0 Å². The van der Waals surface area contributed by atoms with Gasteiger partial charge in [0.15, 0.2) is 0 Å². The first kappa shape index (κ1) is 13.9. The fourth-order valence-electron chi connectivity index (χ4n) is 2.14. The van der Waals surface area contributed by atoms with Crippen molar-refractivity contribution in [3.8, 4) is 11.1 Å². The predicted octanol–water partition coefficient (Wildman–Crippen LogP) is 1.95. The minimum atomic E-state index is -0.327. The van der Waals surface area contributed by atoms with E-state index in [0.717, 1.165) is 11.1 Å². The summed E-state index contributed by atoms with van der Waals surface area (Å²) in [6, 6.07) is 11.6. The van der Waals surface area contributed by atoms with E-state index < -0.39 is 0 Å². The first-order chi connectivity index (χ1) is 10.7. The summed E-state index contributed by atoms with van der Waals surface area (Å²) in [5.74, 6) is -0.503. The number of carbonyl (C=O) groups is 2. The van der Waals surface area contributed by atoms with Gasteiger partial charge in [-0.25, -0.2) is 5.43 Å². The minimum Gasteiger partial charge on any atom is -0.319 e. The zero-order valence-corrected chi connectivity index (χ0v) is 11.7. The van der Waals surface area contributed by atoms with Gasteiger partial charge in [0.2, 0.25) is 5.91 Å². The lowest BCUT2D eigenvalue weighted by atomic mass is 10.1. The quantitative estimate of drug-likeness (QED) is 0.907. The molecule has 110 valence electrons. The number of hydrogen-bond donors (Lipinski definition) is 2. The molecule has 22 heavy (non-hydrogen) atoms. The number of carbonyl (C=O) groups excluding carboxylic acids is 2. The van der Waals surface area contributed by atoms with E-state index in [2.05, 4.69) is 20.8 Å². The second-order valence-electron chi connectivity index (χ2n) is 4.88. The average molecular weight is 294 g/mol. The number of nitrogens with zero attached hydrogens (tertiary/aromatic N) is 2. The summed E-state index contributed by atoms with van der Waals surface area (Å²) in [6.45, 7) is 0. The number of benzene rings is 1. The highest BCUT2D eigenvalue weighted by molar-refractivity contribution is 6.43. The molecule has 0 aliphatic carbocycles. The molecule has 0 spiro atoms. The number of hydrazone groups is 1. The van der Waals surface area contributed by atoms with Gasteiger partial charge in [-0.15, -0.1) is 0 Å². The topological polar surface area (TPSA) is 83.5 Å². The van der Waals surface area contributed by atoms with Crippen LogP contribution in [0.5, 0.6) is 0 Å². The molecule has 1 aliphatic rings. The van der Waals surface area contributed by atoms with Gasteiger partial charge < -0.3 is 5.32 Å². The smallest absolute Gasteiger partial charge is 0.271 e. The normalized spacial score (nSPS) is 14.0. The van der Waals surface area contributed by atoms with Crippen LogP contribution in [-0.2, 0) is 9.59 Å². The minimum absolute atomic E-state index is 0.177. The van der Waals surface area contributed by atoms with Gasteiger partial charge in [0.05, 0.1) is 11.9 Å². The Hall–Kier alpha value is -3.02. The monoisotopic (exact) mass is 294 g/mol. The first-order valence-electron chi connectivity index (χ1n) is 6.89. The van der Waals surface area contributed by atoms with Crippen molar-refractivity contribution in [1.29, 1.82) is 0 Å². The Bertz CT molecular complexity index is 741. The fraction of sp³-hybridized carbons (Fsp3) is 0.125. The highest BCUT2D eigenvalue weighted by Gasteiger charge is 2.18. The predicted molar refractivity (Wildman–Crippen MR) is 83.1 cm³/mol. The van der Waals surface area contributed by atoms with Crippen molar-refractivity contribution in [2.75, 3.05) is 5.32 Å². The van der Waals surface area contributed by atoms with Crippen molar-refractivity contribution in [1.82, 2.24) is 10.4 Å². The molecule has 2 heterocycles. The molecule has 0 fully saturated rings. The maximum atomic E-state index is 12.1. The van der Waals surface area contributed by atoms with Crippen molar-refractivity contribution >= 4 is 23.2 Å². The van der Waals surface area contributed by atoms with E-state index in [4.69, 9.17) is 0 Å². The van der Waals surface area contributed by atoms with Gasteiger partial charge in [0.25, 0.3) is 5.91 Å². The van der Waals surface area contributed by atoms with Crippen LogP contribution in [0.15, 0.2) is 53.9 Å². The Kier molecular flexibility index (Phi) is 3.91. The van der Waals surface area contributed by atoms with Gasteiger partial charge in [0.1, 0.15) is 5.71 Å². The summed E-state index contributed by atoms with van der Waals surface area (Å²) in [5, 5.41) is 6.52. The van der Waals surface area contributed by atoms with E-state index in [1.54, 1.807) is 12.4 Å². The molecule has 6 nitrogen and oxygen atoms in total. The van der Waals surface area contributed by atoms with Crippen molar-refractivity contribution < 1.29 is 9.59 Å². The molecular formula is C16H14N4O2. The van der Waals surface area contributed by atoms with Crippen LogP contribution in [0, 0.1) is 0 Å². The number of nitrogens with one attached hydrogen (secondary N) is 2. The Morgan fingerprint density at radius 2 is 1.91 bits per heavy atom. The zero-order chi connectivity index (χ0) is 15.4. The van der Waals surface area contributed by atoms with Crippen LogP contribution in [0.3, 0.4) is 0 Å². The van der Waals surface area contributed by atoms with Crippen molar-refractivity contribution in [3.05, 3.63) is 48.8 Å². The molecule has 0 atom stereocenters. The summed E-state index contributed by atoms with van der Waals surface area (Å²) >= 11 is 0. The van der Waals surface area contributed by atoms with Gasteiger partial charge in [-0.1, -0.05) is 30.3 Å². The molecule has 0 unspecified atom stereocenters. The maximum absolute atomic E-state index is 12.1. The number of pyridine rings is 1. The van der Waals surface area contributed by atoms with E-state index in [-0.39, 0.29) is 18.2 Å². The molecular weight excluding hydrogens is 280 g/mol. The number of rotatable bonds is 3. The van der Waals surface area contributed by atoms with Gasteiger partial charge in [-0.3, -0.25) is 14.6 Å². The molecule has 0 radical (unpaired) electrons. The summed E-state index contributed by atoms with van der Waals surface area (Å²) < 4.78 is 0. The molecule has 1 aromatic carbocycles. The number of anilines is 1. The summed E-state index contributed by atoms with van der Waals surface area (Å²) in [6.07, 6.45) is 3.92. The molecule has 6 heteroatoms. The summed E-state index contributed by atoms with van der Waals surface area (Å²) in [5.41, 5.74) is 5.14. The zero-order valence-electron chi connectivity index (χ0n) is 11.7. The number of amides is 2. The van der Waals surface area contributed by atoms with Crippen LogP contribution in [-0.4, -0.2) is 22.5 Å². The molecule has 0 bridgehead atoms. The second-order valence-corrected chi connectivity index (χ2v) is 4.88. The Balaban J connectivity index is 1.76. The van der Waals surface area contributed by atoms with Gasteiger partial charge in [0, 0.05) is 24.6 Å². The highest BCUT2D eigenvalue weighted by Crippen LogP contribution is 2.21. The Morgan fingerprint density at radius 1 is 1.09 bits per heavy atom. The van der Waals surface area contributed by atoms with E-state index in [0.29, 0.717) is 17.8 Å². The van der Waals surface area contributed by atoms with Crippen LogP contribution in [0.25, 0.3) is 11.1 Å². The third-order valence-corrected chi connectivity index (χ3v) is 3.27. The molecule has 0 saturated heterocycles. The fourth-order valence-corrected chi connectivity index (χ4v) is 2.14. The average Bonchev–Trinajstić information content (AvgIpc) is 2.56. The summed E-state index contributed by atoms with van der Waals surface area (Å²) in [7, 11) is 0.